The van der Waals surface area contributed by atoms with Crippen molar-refractivity contribution in [1.82, 2.24) is 15.2 Å². The van der Waals surface area contributed by atoms with Crippen LogP contribution in [0.5, 0.6) is 5.75 Å². The van der Waals surface area contributed by atoms with E-state index in [1.807, 2.05) is 13.0 Å². The van der Waals surface area contributed by atoms with E-state index in [1.54, 1.807) is 19.1 Å². The van der Waals surface area contributed by atoms with Gasteiger partial charge in [0.2, 0.25) is 5.16 Å². The fourth-order valence-corrected chi connectivity index (χ4v) is 2.51. The Bertz CT molecular complexity index is 663. The van der Waals surface area contributed by atoms with Crippen LogP contribution in [0, 0.1) is 6.92 Å². The van der Waals surface area contributed by atoms with Gasteiger partial charge in [0, 0.05) is 5.02 Å². The predicted molar refractivity (Wildman–Crippen MR) is 84.2 cm³/mol. The molecule has 0 bridgehead atoms. The highest BCUT2D eigenvalue weighted by Crippen LogP contribution is 2.22. The molecular formula is C14H16ClN3O3S. The summed E-state index contributed by atoms with van der Waals surface area (Å²) in [7, 11) is 1.35. The Kier molecular flexibility index (Phi) is 5.68. The highest BCUT2D eigenvalue weighted by atomic mass is 35.5. The smallest absolute Gasteiger partial charge is 0.318 e. The number of halogens is 1. The number of ether oxygens (including phenoxy) is 2. The van der Waals surface area contributed by atoms with Gasteiger partial charge in [0.1, 0.15) is 17.6 Å². The fraction of sp³-hybridized carbons (Fsp3) is 0.357. The molecule has 0 amide bonds. The van der Waals surface area contributed by atoms with E-state index in [-0.39, 0.29) is 17.8 Å². The number of carbonyl (C=O) groups excluding carboxylic acids is 1. The lowest BCUT2D eigenvalue weighted by Gasteiger charge is -2.06. The van der Waals surface area contributed by atoms with Gasteiger partial charge in [-0.2, -0.15) is 0 Å². The second-order valence-corrected chi connectivity index (χ2v) is 6.26. The molecule has 6 nitrogen and oxygen atoms in total. The lowest BCUT2D eigenvalue weighted by Crippen LogP contribution is -2.14. The molecule has 0 aliphatic rings. The third kappa shape index (κ3) is 4.38. The quantitative estimate of drug-likeness (QED) is 0.643. The Hall–Kier alpha value is -1.73. The minimum absolute atomic E-state index is 0.251. The van der Waals surface area contributed by atoms with E-state index in [9.17, 15) is 4.79 Å². The molecular weight excluding hydrogens is 326 g/mol. The molecule has 0 aliphatic heterocycles. The molecule has 0 aliphatic carbocycles. The predicted octanol–water partition coefficient (Wildman–Crippen LogP) is 3.00. The number of rotatable bonds is 6. The van der Waals surface area contributed by atoms with Gasteiger partial charge < -0.3 is 9.47 Å². The van der Waals surface area contributed by atoms with Crippen LogP contribution in [-0.4, -0.2) is 33.5 Å². The molecule has 8 heteroatoms. The van der Waals surface area contributed by atoms with E-state index in [2.05, 4.69) is 19.9 Å². The molecule has 0 saturated heterocycles. The highest BCUT2D eigenvalue weighted by Gasteiger charge is 2.17. The molecule has 1 heterocycles. The third-order valence-corrected chi connectivity index (χ3v) is 4.19. The minimum atomic E-state index is -0.367. The number of nitrogens with zero attached hydrogens (tertiary/aromatic N) is 2. The fourth-order valence-electron chi connectivity index (χ4n) is 1.63. The van der Waals surface area contributed by atoms with Crippen molar-refractivity contribution >= 4 is 29.3 Å². The van der Waals surface area contributed by atoms with Crippen molar-refractivity contribution in [2.24, 2.45) is 0 Å². The maximum atomic E-state index is 11.3. The molecule has 1 aromatic heterocycles. The van der Waals surface area contributed by atoms with Gasteiger partial charge in [0.15, 0.2) is 5.82 Å². The summed E-state index contributed by atoms with van der Waals surface area (Å²) in [6.45, 7) is 3.90. The van der Waals surface area contributed by atoms with Gasteiger partial charge in [-0.25, -0.2) is 4.98 Å². The summed E-state index contributed by atoms with van der Waals surface area (Å²) in [5.74, 6) is 0.965. The molecule has 2 rings (SSSR count). The maximum absolute atomic E-state index is 11.3. The monoisotopic (exact) mass is 341 g/mol. The number of aromatic nitrogens is 3. The van der Waals surface area contributed by atoms with Gasteiger partial charge in [0.25, 0.3) is 0 Å². The lowest BCUT2D eigenvalue weighted by molar-refractivity contribution is -0.139. The number of hydrogen-bond donors (Lipinski definition) is 1. The number of methoxy groups -OCH3 is 1. The van der Waals surface area contributed by atoms with Gasteiger partial charge in [-0.05, 0) is 37.6 Å². The molecule has 118 valence electrons. The first-order valence-corrected chi connectivity index (χ1v) is 7.80. The summed E-state index contributed by atoms with van der Waals surface area (Å²) in [6, 6.07) is 5.43. The van der Waals surface area contributed by atoms with Crippen LogP contribution in [0.2, 0.25) is 5.02 Å². The van der Waals surface area contributed by atoms with Crippen LogP contribution >= 0.6 is 23.4 Å². The summed E-state index contributed by atoms with van der Waals surface area (Å²) in [6.07, 6.45) is 0. The van der Waals surface area contributed by atoms with Crippen LogP contribution in [0.1, 0.15) is 18.3 Å². The van der Waals surface area contributed by atoms with Gasteiger partial charge in [-0.15, -0.1) is 5.10 Å². The van der Waals surface area contributed by atoms with Crippen LogP contribution in [-0.2, 0) is 16.1 Å². The number of thioether (sulfide) groups is 1. The molecule has 0 spiro atoms. The van der Waals surface area contributed by atoms with E-state index in [0.29, 0.717) is 21.8 Å². The number of aryl methyl sites for hydroxylation is 1. The molecule has 1 atom stereocenters. The number of esters is 1. The zero-order valence-corrected chi connectivity index (χ0v) is 14.0. The highest BCUT2D eigenvalue weighted by molar-refractivity contribution is 8.00. The largest absolute Gasteiger partial charge is 0.486 e. The number of nitrogens with one attached hydrogen (secondary N) is 1. The van der Waals surface area contributed by atoms with E-state index in [1.165, 1.54) is 18.9 Å². The Morgan fingerprint density at radius 1 is 1.50 bits per heavy atom. The average molecular weight is 342 g/mol. The number of carbonyl (C=O) groups is 1. The van der Waals surface area contributed by atoms with E-state index < -0.39 is 0 Å². The van der Waals surface area contributed by atoms with Gasteiger partial charge in [-0.3, -0.25) is 9.89 Å². The van der Waals surface area contributed by atoms with Crippen molar-refractivity contribution in [3.63, 3.8) is 0 Å². The van der Waals surface area contributed by atoms with Crippen LogP contribution in [0.25, 0.3) is 0 Å². The number of aromatic amines is 1. The SMILES string of the molecule is COC(=O)[C@@H](C)Sc1n[nH]c(COc2ccc(Cl)c(C)c2)n1. The Balaban J connectivity index is 1.91. The van der Waals surface area contributed by atoms with Crippen molar-refractivity contribution in [3.05, 3.63) is 34.6 Å². The second-order valence-electron chi connectivity index (χ2n) is 4.55. The van der Waals surface area contributed by atoms with E-state index >= 15 is 0 Å². The first-order valence-electron chi connectivity index (χ1n) is 6.54. The Morgan fingerprint density at radius 2 is 2.27 bits per heavy atom. The molecule has 2 aromatic rings. The van der Waals surface area contributed by atoms with E-state index in [0.717, 1.165) is 5.56 Å². The molecule has 0 unspecified atom stereocenters. The van der Waals surface area contributed by atoms with Crippen molar-refractivity contribution in [1.29, 1.82) is 0 Å². The van der Waals surface area contributed by atoms with Gasteiger partial charge in [-0.1, -0.05) is 23.4 Å². The number of H-pyrrole nitrogens is 1. The van der Waals surface area contributed by atoms with Gasteiger partial charge in [0.05, 0.1) is 7.11 Å². The van der Waals surface area contributed by atoms with Gasteiger partial charge >= 0.3 is 5.97 Å². The van der Waals surface area contributed by atoms with Crippen LogP contribution < -0.4 is 4.74 Å². The zero-order chi connectivity index (χ0) is 16.1. The Morgan fingerprint density at radius 3 is 2.95 bits per heavy atom. The van der Waals surface area contributed by atoms with Crippen molar-refractivity contribution < 1.29 is 14.3 Å². The topological polar surface area (TPSA) is 77.1 Å². The molecule has 0 fully saturated rings. The summed E-state index contributed by atoms with van der Waals surface area (Å²) in [5.41, 5.74) is 0.944. The number of hydrogen-bond acceptors (Lipinski definition) is 6. The molecule has 0 radical (unpaired) electrons. The molecule has 1 N–H and O–H groups in total. The minimum Gasteiger partial charge on any atom is -0.486 e. The summed E-state index contributed by atoms with van der Waals surface area (Å²) < 4.78 is 10.3. The molecule has 0 saturated carbocycles. The zero-order valence-electron chi connectivity index (χ0n) is 12.4. The van der Waals surface area contributed by atoms with Crippen LogP contribution in [0.4, 0.5) is 0 Å². The van der Waals surface area contributed by atoms with Crippen LogP contribution in [0.3, 0.4) is 0 Å². The summed E-state index contributed by atoms with van der Waals surface area (Å²) in [4.78, 5) is 15.6. The number of benzene rings is 1. The normalized spacial score (nSPS) is 12.0. The maximum Gasteiger partial charge on any atom is 0.318 e. The second kappa shape index (κ2) is 7.51. The molecule has 1 aromatic carbocycles. The van der Waals surface area contributed by atoms with Crippen molar-refractivity contribution in [2.75, 3.05) is 7.11 Å². The van der Waals surface area contributed by atoms with Crippen molar-refractivity contribution in [3.8, 4) is 5.75 Å². The summed E-state index contributed by atoms with van der Waals surface area (Å²) in [5, 5.41) is 7.62. The van der Waals surface area contributed by atoms with Crippen molar-refractivity contribution in [2.45, 2.75) is 30.9 Å². The first-order chi connectivity index (χ1) is 10.5. The van der Waals surface area contributed by atoms with Crippen LogP contribution in [0.15, 0.2) is 23.4 Å². The first kappa shape index (κ1) is 16.6. The standard InChI is InChI=1S/C14H16ClN3O3S/c1-8-6-10(4-5-11(8)15)21-7-12-16-14(18-17-12)22-9(2)13(19)20-3/h4-6,9H,7H2,1-3H3,(H,16,17,18)/t9-/m1/s1. The lowest BCUT2D eigenvalue weighted by atomic mass is 10.2. The molecule has 22 heavy (non-hydrogen) atoms. The van der Waals surface area contributed by atoms with E-state index in [4.69, 9.17) is 16.3 Å². The third-order valence-electron chi connectivity index (χ3n) is 2.83. The average Bonchev–Trinajstić information content (AvgIpc) is 2.95. The summed E-state index contributed by atoms with van der Waals surface area (Å²) >= 11 is 7.18. The Labute approximate surface area is 137 Å².